The molecule has 1 aromatic heterocycles. The standard InChI is InChI=1S/C14H19N3O4/c1-18-8-10(15)6-13-16-14(17-21-13)9-4-11(19-2)7-12(5-9)20-3/h4-5,7,10H,6,8,15H2,1-3H3. The van der Waals surface area contributed by atoms with Crippen LogP contribution in [0.1, 0.15) is 5.89 Å². The number of ether oxygens (including phenoxy) is 3. The third-order valence-electron chi connectivity index (χ3n) is 2.90. The van der Waals surface area contributed by atoms with E-state index in [1.165, 1.54) is 0 Å². The number of hydrogen-bond donors (Lipinski definition) is 1. The second-order valence-corrected chi connectivity index (χ2v) is 4.53. The first kappa shape index (κ1) is 15.3. The van der Waals surface area contributed by atoms with Crippen LogP contribution in [-0.2, 0) is 11.2 Å². The largest absolute Gasteiger partial charge is 0.497 e. The summed E-state index contributed by atoms with van der Waals surface area (Å²) in [5, 5.41) is 3.96. The Morgan fingerprint density at radius 2 is 1.81 bits per heavy atom. The molecule has 2 rings (SSSR count). The van der Waals surface area contributed by atoms with Crippen LogP contribution >= 0.6 is 0 Å². The fourth-order valence-electron chi connectivity index (χ4n) is 1.89. The molecule has 21 heavy (non-hydrogen) atoms. The average molecular weight is 293 g/mol. The molecule has 0 aliphatic rings. The van der Waals surface area contributed by atoms with E-state index in [0.29, 0.717) is 36.2 Å². The Kier molecular flexibility index (Phi) is 5.13. The summed E-state index contributed by atoms with van der Waals surface area (Å²) in [7, 11) is 4.77. The fourth-order valence-corrected chi connectivity index (χ4v) is 1.89. The van der Waals surface area contributed by atoms with Gasteiger partial charge in [0.1, 0.15) is 11.5 Å². The van der Waals surface area contributed by atoms with Crippen molar-refractivity contribution in [1.29, 1.82) is 0 Å². The van der Waals surface area contributed by atoms with Gasteiger partial charge in [-0.1, -0.05) is 5.16 Å². The van der Waals surface area contributed by atoms with E-state index in [1.54, 1.807) is 27.4 Å². The molecule has 0 saturated carbocycles. The van der Waals surface area contributed by atoms with Gasteiger partial charge in [-0.05, 0) is 12.1 Å². The lowest BCUT2D eigenvalue weighted by Crippen LogP contribution is -2.28. The van der Waals surface area contributed by atoms with Crippen molar-refractivity contribution in [2.24, 2.45) is 5.73 Å². The summed E-state index contributed by atoms with van der Waals surface area (Å²) in [6.07, 6.45) is 0.460. The third-order valence-corrected chi connectivity index (χ3v) is 2.90. The maximum Gasteiger partial charge on any atom is 0.228 e. The minimum absolute atomic E-state index is 0.178. The van der Waals surface area contributed by atoms with Crippen LogP contribution < -0.4 is 15.2 Å². The molecule has 0 bridgehead atoms. The number of benzene rings is 1. The predicted molar refractivity (Wildman–Crippen MR) is 76.4 cm³/mol. The van der Waals surface area contributed by atoms with Crippen LogP contribution in [0.25, 0.3) is 11.4 Å². The molecule has 1 atom stereocenters. The summed E-state index contributed by atoms with van der Waals surface area (Å²) in [5.41, 5.74) is 6.61. The van der Waals surface area contributed by atoms with Gasteiger partial charge in [0, 0.05) is 31.2 Å². The van der Waals surface area contributed by atoms with Gasteiger partial charge in [0.25, 0.3) is 0 Å². The molecule has 7 heteroatoms. The first-order chi connectivity index (χ1) is 10.2. The van der Waals surface area contributed by atoms with Crippen molar-refractivity contribution in [2.75, 3.05) is 27.9 Å². The molecule has 0 spiro atoms. The Balaban J connectivity index is 2.20. The van der Waals surface area contributed by atoms with Crippen molar-refractivity contribution in [3.8, 4) is 22.9 Å². The van der Waals surface area contributed by atoms with E-state index in [-0.39, 0.29) is 6.04 Å². The van der Waals surface area contributed by atoms with Gasteiger partial charge in [0.2, 0.25) is 11.7 Å². The third kappa shape index (κ3) is 3.93. The highest BCUT2D eigenvalue weighted by Gasteiger charge is 2.14. The maximum absolute atomic E-state index is 5.86. The zero-order valence-electron chi connectivity index (χ0n) is 12.3. The normalized spacial score (nSPS) is 12.2. The summed E-state index contributed by atoms with van der Waals surface area (Å²) in [4.78, 5) is 4.33. The van der Waals surface area contributed by atoms with Crippen molar-refractivity contribution < 1.29 is 18.7 Å². The van der Waals surface area contributed by atoms with E-state index in [2.05, 4.69) is 10.1 Å². The quantitative estimate of drug-likeness (QED) is 0.821. The summed E-state index contributed by atoms with van der Waals surface area (Å²) in [5.74, 6) is 2.25. The Morgan fingerprint density at radius 3 is 2.38 bits per heavy atom. The van der Waals surface area contributed by atoms with Crippen molar-refractivity contribution in [3.05, 3.63) is 24.1 Å². The van der Waals surface area contributed by atoms with Crippen LogP contribution in [0.5, 0.6) is 11.5 Å². The minimum atomic E-state index is -0.178. The van der Waals surface area contributed by atoms with Crippen LogP contribution in [0.2, 0.25) is 0 Å². The monoisotopic (exact) mass is 293 g/mol. The SMILES string of the molecule is COCC(N)Cc1nc(-c2cc(OC)cc(OC)c2)no1. The molecule has 2 N–H and O–H groups in total. The van der Waals surface area contributed by atoms with Crippen LogP contribution in [-0.4, -0.2) is 44.1 Å². The summed E-state index contributed by atoms with van der Waals surface area (Å²) < 4.78 is 20.6. The molecule has 1 heterocycles. The second kappa shape index (κ2) is 7.05. The van der Waals surface area contributed by atoms with Crippen LogP contribution in [0, 0.1) is 0 Å². The smallest absolute Gasteiger partial charge is 0.228 e. The van der Waals surface area contributed by atoms with Crippen LogP contribution in [0.3, 0.4) is 0 Å². The first-order valence-corrected chi connectivity index (χ1v) is 6.46. The van der Waals surface area contributed by atoms with Crippen molar-refractivity contribution in [3.63, 3.8) is 0 Å². The van der Waals surface area contributed by atoms with Crippen molar-refractivity contribution >= 4 is 0 Å². The highest BCUT2D eigenvalue weighted by molar-refractivity contribution is 5.60. The first-order valence-electron chi connectivity index (χ1n) is 6.46. The number of rotatable bonds is 7. The molecule has 0 aliphatic carbocycles. The topological polar surface area (TPSA) is 92.6 Å². The van der Waals surface area contributed by atoms with Gasteiger partial charge in [-0.25, -0.2) is 0 Å². The molecule has 2 aromatic rings. The van der Waals surface area contributed by atoms with Crippen LogP contribution in [0.4, 0.5) is 0 Å². The molecule has 114 valence electrons. The minimum Gasteiger partial charge on any atom is -0.497 e. The summed E-state index contributed by atoms with van der Waals surface area (Å²) in [6.45, 7) is 0.435. The van der Waals surface area contributed by atoms with E-state index < -0.39 is 0 Å². The van der Waals surface area contributed by atoms with E-state index in [1.807, 2.05) is 12.1 Å². The van der Waals surface area contributed by atoms with Gasteiger partial charge in [0.15, 0.2) is 0 Å². The average Bonchev–Trinajstić information content (AvgIpc) is 2.95. The molecule has 0 aliphatic heterocycles. The van der Waals surface area contributed by atoms with Crippen molar-refractivity contribution in [2.45, 2.75) is 12.5 Å². The van der Waals surface area contributed by atoms with Gasteiger partial charge in [-0.3, -0.25) is 0 Å². The lowest BCUT2D eigenvalue weighted by molar-refractivity contribution is 0.176. The Hall–Kier alpha value is -2.12. The summed E-state index contributed by atoms with van der Waals surface area (Å²) in [6, 6.07) is 5.22. The zero-order valence-corrected chi connectivity index (χ0v) is 12.3. The van der Waals surface area contributed by atoms with E-state index in [4.69, 9.17) is 24.5 Å². The Bertz CT molecular complexity index is 563. The molecule has 7 nitrogen and oxygen atoms in total. The molecular weight excluding hydrogens is 274 g/mol. The zero-order chi connectivity index (χ0) is 15.2. The second-order valence-electron chi connectivity index (χ2n) is 4.53. The Labute approximate surface area is 123 Å². The van der Waals surface area contributed by atoms with Gasteiger partial charge in [-0.2, -0.15) is 4.98 Å². The predicted octanol–water partition coefficient (Wildman–Crippen LogP) is 1.27. The Morgan fingerprint density at radius 1 is 1.14 bits per heavy atom. The van der Waals surface area contributed by atoms with Gasteiger partial charge in [-0.15, -0.1) is 0 Å². The fraction of sp³-hybridized carbons (Fsp3) is 0.429. The van der Waals surface area contributed by atoms with Gasteiger partial charge in [0.05, 0.1) is 20.8 Å². The number of nitrogens with zero attached hydrogens (tertiary/aromatic N) is 2. The highest BCUT2D eigenvalue weighted by atomic mass is 16.5. The number of methoxy groups -OCH3 is 3. The number of hydrogen-bond acceptors (Lipinski definition) is 7. The highest BCUT2D eigenvalue weighted by Crippen LogP contribution is 2.28. The molecule has 0 fully saturated rings. The van der Waals surface area contributed by atoms with E-state index in [9.17, 15) is 0 Å². The van der Waals surface area contributed by atoms with Crippen LogP contribution in [0.15, 0.2) is 22.7 Å². The number of aromatic nitrogens is 2. The molecule has 0 radical (unpaired) electrons. The lowest BCUT2D eigenvalue weighted by atomic mass is 10.2. The van der Waals surface area contributed by atoms with E-state index >= 15 is 0 Å². The molecule has 1 aromatic carbocycles. The molecule has 0 saturated heterocycles. The maximum atomic E-state index is 5.86. The molecular formula is C14H19N3O4. The molecule has 0 amide bonds. The van der Waals surface area contributed by atoms with E-state index in [0.717, 1.165) is 5.56 Å². The van der Waals surface area contributed by atoms with Crippen molar-refractivity contribution in [1.82, 2.24) is 10.1 Å². The lowest BCUT2D eigenvalue weighted by Gasteiger charge is -2.06. The van der Waals surface area contributed by atoms with Gasteiger partial charge >= 0.3 is 0 Å². The molecule has 1 unspecified atom stereocenters. The number of nitrogens with two attached hydrogens (primary N) is 1. The summed E-state index contributed by atoms with van der Waals surface area (Å²) >= 11 is 0. The van der Waals surface area contributed by atoms with Gasteiger partial charge < -0.3 is 24.5 Å².